The first-order valence-corrected chi connectivity index (χ1v) is 9.40. The largest absolute Gasteiger partial charge is 0.378 e. The quantitative estimate of drug-likeness (QED) is 0.217. The lowest BCUT2D eigenvalue weighted by molar-refractivity contribution is 0.0281. The number of aliphatic imine (C=N–C) groups is 1. The van der Waals surface area contributed by atoms with E-state index in [4.69, 9.17) is 4.74 Å². The van der Waals surface area contributed by atoms with Crippen molar-refractivity contribution in [3.8, 4) is 0 Å². The van der Waals surface area contributed by atoms with E-state index in [1.54, 1.807) is 0 Å². The third-order valence-electron chi connectivity index (χ3n) is 3.90. The predicted molar refractivity (Wildman–Crippen MR) is 115 cm³/mol. The molecule has 24 heavy (non-hydrogen) atoms. The Bertz CT molecular complexity index is 325. The van der Waals surface area contributed by atoms with E-state index >= 15 is 0 Å². The second-order valence-corrected chi connectivity index (χ2v) is 7.35. The van der Waals surface area contributed by atoms with Gasteiger partial charge in [0.2, 0.25) is 0 Å². The number of ether oxygens (including phenoxy) is 1. The van der Waals surface area contributed by atoms with Crippen LogP contribution in [0.15, 0.2) is 4.99 Å². The molecular formula is C18H39IN4O. The minimum Gasteiger partial charge on any atom is -0.378 e. The summed E-state index contributed by atoms with van der Waals surface area (Å²) in [4.78, 5) is 4.62. The van der Waals surface area contributed by atoms with Crippen molar-refractivity contribution in [2.45, 2.75) is 77.9 Å². The standard InChI is InChI=1S/C18H38N4O.HI/c1-5-19-17(21-13-14-22-18(2,3)4)20-12-9-15-23-16-10-7-6-8-11-16;/h16,22H,5-15H2,1-4H3,(H2,19,20,21);1H. The van der Waals surface area contributed by atoms with Crippen LogP contribution in [-0.4, -0.2) is 50.4 Å². The first-order valence-electron chi connectivity index (χ1n) is 9.40. The van der Waals surface area contributed by atoms with E-state index < -0.39 is 0 Å². The third-order valence-corrected chi connectivity index (χ3v) is 3.90. The first-order chi connectivity index (χ1) is 11.0. The second-order valence-electron chi connectivity index (χ2n) is 7.35. The zero-order valence-electron chi connectivity index (χ0n) is 16.1. The average molecular weight is 454 g/mol. The van der Waals surface area contributed by atoms with Gasteiger partial charge in [-0.15, -0.1) is 24.0 Å². The molecule has 5 nitrogen and oxygen atoms in total. The smallest absolute Gasteiger partial charge is 0.191 e. The molecule has 0 amide bonds. The summed E-state index contributed by atoms with van der Waals surface area (Å²) in [6.45, 7) is 13.0. The van der Waals surface area contributed by atoms with E-state index in [0.717, 1.165) is 45.2 Å². The van der Waals surface area contributed by atoms with Gasteiger partial charge in [0.05, 0.1) is 6.10 Å². The van der Waals surface area contributed by atoms with Gasteiger partial charge in [-0.05, 0) is 47.0 Å². The molecule has 6 heteroatoms. The van der Waals surface area contributed by atoms with Crippen molar-refractivity contribution >= 4 is 29.9 Å². The summed E-state index contributed by atoms with van der Waals surface area (Å²) in [7, 11) is 0. The van der Waals surface area contributed by atoms with Gasteiger partial charge in [0.15, 0.2) is 5.96 Å². The van der Waals surface area contributed by atoms with Crippen molar-refractivity contribution in [3.05, 3.63) is 0 Å². The Morgan fingerprint density at radius 3 is 2.42 bits per heavy atom. The lowest BCUT2D eigenvalue weighted by Gasteiger charge is -2.22. The average Bonchev–Trinajstić information content (AvgIpc) is 2.51. The minimum atomic E-state index is 0. The number of nitrogens with one attached hydrogen (secondary N) is 3. The van der Waals surface area contributed by atoms with Crippen LogP contribution >= 0.6 is 24.0 Å². The topological polar surface area (TPSA) is 57.7 Å². The Balaban J connectivity index is 0.00000529. The summed E-state index contributed by atoms with van der Waals surface area (Å²) < 4.78 is 5.94. The van der Waals surface area contributed by atoms with Crippen molar-refractivity contribution in [1.29, 1.82) is 0 Å². The molecule has 0 atom stereocenters. The molecular weight excluding hydrogens is 415 g/mol. The van der Waals surface area contributed by atoms with Crippen LogP contribution in [0.5, 0.6) is 0 Å². The summed E-state index contributed by atoms with van der Waals surface area (Å²) in [6, 6.07) is 0. The van der Waals surface area contributed by atoms with Gasteiger partial charge in [0.25, 0.3) is 0 Å². The molecule has 0 saturated heterocycles. The molecule has 0 aromatic rings. The highest BCUT2D eigenvalue weighted by Gasteiger charge is 2.12. The van der Waals surface area contributed by atoms with E-state index in [1.165, 1.54) is 32.1 Å². The fraction of sp³-hybridized carbons (Fsp3) is 0.944. The summed E-state index contributed by atoms with van der Waals surface area (Å²) in [5, 5.41) is 10.1. The van der Waals surface area contributed by atoms with E-state index in [2.05, 4.69) is 48.6 Å². The Morgan fingerprint density at radius 1 is 1.08 bits per heavy atom. The summed E-state index contributed by atoms with van der Waals surface area (Å²) in [5.41, 5.74) is 0.160. The molecule has 1 aliphatic carbocycles. The number of hydrogen-bond donors (Lipinski definition) is 3. The van der Waals surface area contributed by atoms with Gasteiger partial charge in [-0.1, -0.05) is 19.3 Å². The lowest BCUT2D eigenvalue weighted by atomic mass is 9.98. The number of hydrogen-bond acceptors (Lipinski definition) is 3. The molecule has 0 radical (unpaired) electrons. The molecule has 0 aliphatic heterocycles. The molecule has 0 aromatic carbocycles. The third kappa shape index (κ3) is 13.2. The number of nitrogens with zero attached hydrogens (tertiary/aromatic N) is 1. The predicted octanol–water partition coefficient (Wildman–Crippen LogP) is 3.29. The zero-order valence-corrected chi connectivity index (χ0v) is 18.4. The lowest BCUT2D eigenvalue weighted by Crippen LogP contribution is -2.44. The van der Waals surface area contributed by atoms with Crippen LogP contribution in [0.25, 0.3) is 0 Å². The molecule has 3 N–H and O–H groups in total. The molecule has 1 saturated carbocycles. The van der Waals surface area contributed by atoms with Crippen LogP contribution in [0.3, 0.4) is 0 Å². The summed E-state index contributed by atoms with van der Waals surface area (Å²) in [6.07, 6.45) is 8.03. The van der Waals surface area contributed by atoms with Gasteiger partial charge in [-0.25, -0.2) is 0 Å². The maximum Gasteiger partial charge on any atom is 0.191 e. The monoisotopic (exact) mass is 454 g/mol. The molecule has 0 heterocycles. The van der Waals surface area contributed by atoms with Crippen LogP contribution in [0.1, 0.15) is 66.2 Å². The minimum absolute atomic E-state index is 0. The maximum atomic E-state index is 5.94. The highest BCUT2D eigenvalue weighted by atomic mass is 127. The Kier molecular flexibility index (Phi) is 14.1. The fourth-order valence-corrected chi connectivity index (χ4v) is 2.70. The van der Waals surface area contributed by atoms with Crippen molar-refractivity contribution in [2.75, 3.05) is 32.8 Å². The molecule has 0 unspecified atom stereocenters. The number of rotatable bonds is 9. The summed E-state index contributed by atoms with van der Waals surface area (Å²) in [5.74, 6) is 0.904. The van der Waals surface area contributed by atoms with E-state index in [-0.39, 0.29) is 29.5 Å². The molecule has 1 fully saturated rings. The Labute approximate surface area is 166 Å². The van der Waals surface area contributed by atoms with Gasteiger partial charge in [0, 0.05) is 38.3 Å². The maximum absolute atomic E-state index is 5.94. The Morgan fingerprint density at radius 2 is 1.79 bits per heavy atom. The van der Waals surface area contributed by atoms with Crippen LogP contribution in [0.2, 0.25) is 0 Å². The van der Waals surface area contributed by atoms with Crippen LogP contribution < -0.4 is 16.0 Å². The van der Waals surface area contributed by atoms with Crippen molar-refractivity contribution in [3.63, 3.8) is 0 Å². The zero-order chi connectivity index (χ0) is 17.0. The van der Waals surface area contributed by atoms with Crippen LogP contribution in [0.4, 0.5) is 0 Å². The molecule has 1 aliphatic rings. The Hall–Kier alpha value is -0.0800. The highest BCUT2D eigenvalue weighted by Crippen LogP contribution is 2.20. The number of guanidine groups is 1. The van der Waals surface area contributed by atoms with Crippen molar-refractivity contribution < 1.29 is 4.74 Å². The summed E-state index contributed by atoms with van der Waals surface area (Å²) >= 11 is 0. The second kappa shape index (κ2) is 14.1. The van der Waals surface area contributed by atoms with Gasteiger partial charge in [0.1, 0.15) is 0 Å². The van der Waals surface area contributed by atoms with E-state index in [9.17, 15) is 0 Å². The molecule has 0 bridgehead atoms. The van der Waals surface area contributed by atoms with E-state index in [0.29, 0.717) is 6.10 Å². The molecule has 1 rings (SSSR count). The van der Waals surface area contributed by atoms with Crippen molar-refractivity contribution in [1.82, 2.24) is 16.0 Å². The van der Waals surface area contributed by atoms with Gasteiger partial charge < -0.3 is 20.7 Å². The van der Waals surface area contributed by atoms with Crippen LogP contribution in [0, 0.1) is 0 Å². The number of halogens is 1. The highest BCUT2D eigenvalue weighted by molar-refractivity contribution is 14.0. The van der Waals surface area contributed by atoms with Gasteiger partial charge in [-0.3, -0.25) is 4.99 Å². The van der Waals surface area contributed by atoms with Gasteiger partial charge >= 0.3 is 0 Å². The molecule has 0 aromatic heterocycles. The molecule has 144 valence electrons. The first kappa shape index (κ1) is 23.9. The molecule has 0 spiro atoms. The normalized spacial score (nSPS) is 16.6. The van der Waals surface area contributed by atoms with Crippen molar-refractivity contribution in [2.24, 2.45) is 4.99 Å². The SMILES string of the molecule is CCNC(=NCCCOC1CCCCC1)NCCNC(C)(C)C.I. The fourth-order valence-electron chi connectivity index (χ4n) is 2.70. The van der Waals surface area contributed by atoms with E-state index in [1.807, 2.05) is 0 Å². The van der Waals surface area contributed by atoms with Crippen LogP contribution in [-0.2, 0) is 4.74 Å². The van der Waals surface area contributed by atoms with Gasteiger partial charge in [-0.2, -0.15) is 0 Å².